The number of methoxy groups -OCH3 is 4. The standard InChI is InChI=1S/C27H24N2O7S/c1-32-18-8-5-15(6-9-18)11-19-24(16-7-10-20-21(12-16)29-37-28-20)26(30)36-27(19,31)17-13-22(33-2)25(35-4)23(14-17)34-3/h5-10,12-14,31H,11H2,1-4H3. The van der Waals surface area contributed by atoms with Crippen molar-refractivity contribution in [3.63, 3.8) is 0 Å². The molecule has 0 spiro atoms. The Morgan fingerprint density at radius 3 is 2.16 bits per heavy atom. The van der Waals surface area contributed by atoms with Crippen molar-refractivity contribution in [3.8, 4) is 23.0 Å². The Morgan fingerprint density at radius 1 is 0.865 bits per heavy atom. The molecule has 0 saturated carbocycles. The fraction of sp³-hybridized carbons (Fsp3) is 0.222. The average Bonchev–Trinajstić information content (AvgIpc) is 3.49. The highest BCUT2D eigenvalue weighted by molar-refractivity contribution is 7.00. The van der Waals surface area contributed by atoms with Gasteiger partial charge in [-0.15, -0.1) is 0 Å². The Balaban J connectivity index is 1.72. The van der Waals surface area contributed by atoms with Crippen LogP contribution >= 0.6 is 11.7 Å². The molecule has 0 saturated heterocycles. The van der Waals surface area contributed by atoms with Gasteiger partial charge in [0.05, 0.1) is 45.7 Å². The molecule has 0 fully saturated rings. The summed E-state index contributed by atoms with van der Waals surface area (Å²) < 4.78 is 35.9. The third-order valence-electron chi connectivity index (χ3n) is 6.29. The number of carbonyl (C=O) groups excluding carboxylic acids is 1. The van der Waals surface area contributed by atoms with Crippen molar-refractivity contribution in [3.05, 3.63) is 76.9 Å². The van der Waals surface area contributed by atoms with E-state index < -0.39 is 11.8 Å². The van der Waals surface area contributed by atoms with Crippen molar-refractivity contribution in [1.29, 1.82) is 0 Å². The molecule has 0 aliphatic carbocycles. The van der Waals surface area contributed by atoms with Crippen molar-refractivity contribution < 1.29 is 33.6 Å². The molecule has 2 heterocycles. The fourth-order valence-electron chi connectivity index (χ4n) is 4.43. The second kappa shape index (κ2) is 9.72. The molecule has 1 aliphatic rings. The predicted molar refractivity (Wildman–Crippen MR) is 137 cm³/mol. The summed E-state index contributed by atoms with van der Waals surface area (Å²) in [5.74, 6) is -1.10. The number of fused-ring (bicyclic) bond motifs is 1. The largest absolute Gasteiger partial charge is 0.497 e. The SMILES string of the molecule is COc1ccc(CC2=C(c3ccc4nsnc4c3)C(=O)OC2(O)c2cc(OC)c(OC)c(OC)c2)cc1. The van der Waals surface area contributed by atoms with E-state index in [1.54, 1.807) is 37.4 Å². The zero-order valence-corrected chi connectivity index (χ0v) is 21.4. The van der Waals surface area contributed by atoms with Gasteiger partial charge in [0.2, 0.25) is 5.75 Å². The molecule has 1 atom stereocenters. The monoisotopic (exact) mass is 520 g/mol. The number of esters is 1. The summed E-state index contributed by atoms with van der Waals surface area (Å²) in [7, 11) is 6.03. The maximum Gasteiger partial charge on any atom is 0.342 e. The molecular weight excluding hydrogens is 496 g/mol. The Hall–Kier alpha value is -4.15. The van der Waals surface area contributed by atoms with Gasteiger partial charge in [-0.3, -0.25) is 0 Å². The van der Waals surface area contributed by atoms with E-state index in [0.29, 0.717) is 39.7 Å². The maximum absolute atomic E-state index is 13.4. The average molecular weight is 521 g/mol. The number of carbonyl (C=O) groups is 1. The first-order valence-electron chi connectivity index (χ1n) is 11.3. The molecule has 1 aliphatic heterocycles. The summed E-state index contributed by atoms with van der Waals surface area (Å²) in [6, 6.07) is 15.8. The van der Waals surface area contributed by atoms with Crippen LogP contribution in [-0.2, 0) is 21.7 Å². The number of hydrogen-bond donors (Lipinski definition) is 1. The molecule has 9 nitrogen and oxygen atoms in total. The Morgan fingerprint density at radius 2 is 1.54 bits per heavy atom. The summed E-state index contributed by atoms with van der Waals surface area (Å²) in [5.41, 5.74) is 3.64. The van der Waals surface area contributed by atoms with Gasteiger partial charge in [-0.05, 0) is 47.5 Å². The van der Waals surface area contributed by atoms with E-state index >= 15 is 0 Å². The van der Waals surface area contributed by atoms with Crippen LogP contribution in [0, 0.1) is 0 Å². The third-order valence-corrected chi connectivity index (χ3v) is 6.85. The number of hydrogen-bond acceptors (Lipinski definition) is 10. The molecule has 1 N–H and O–H groups in total. The number of benzene rings is 3. The van der Waals surface area contributed by atoms with Crippen LogP contribution in [0.25, 0.3) is 16.6 Å². The van der Waals surface area contributed by atoms with Crippen LogP contribution in [0.1, 0.15) is 16.7 Å². The number of ether oxygens (including phenoxy) is 5. The van der Waals surface area contributed by atoms with Gasteiger partial charge in [-0.25, -0.2) is 4.79 Å². The van der Waals surface area contributed by atoms with Crippen LogP contribution in [0.2, 0.25) is 0 Å². The van der Waals surface area contributed by atoms with Crippen LogP contribution in [-0.4, -0.2) is 48.3 Å². The van der Waals surface area contributed by atoms with Crippen molar-refractivity contribution >= 4 is 34.3 Å². The van der Waals surface area contributed by atoms with Gasteiger partial charge in [-0.1, -0.05) is 18.2 Å². The van der Waals surface area contributed by atoms with E-state index in [1.165, 1.54) is 21.3 Å². The fourth-order valence-corrected chi connectivity index (χ4v) is 4.95. The van der Waals surface area contributed by atoms with Crippen molar-refractivity contribution in [2.24, 2.45) is 0 Å². The number of rotatable bonds is 8. The topological polar surface area (TPSA) is 109 Å². The second-order valence-electron chi connectivity index (χ2n) is 8.29. The highest BCUT2D eigenvalue weighted by Gasteiger charge is 2.49. The highest BCUT2D eigenvalue weighted by atomic mass is 32.1. The lowest BCUT2D eigenvalue weighted by Crippen LogP contribution is -2.30. The molecule has 4 aromatic rings. The minimum atomic E-state index is -2.10. The zero-order chi connectivity index (χ0) is 26.2. The van der Waals surface area contributed by atoms with Gasteiger partial charge in [0.25, 0.3) is 5.79 Å². The maximum atomic E-state index is 13.4. The second-order valence-corrected chi connectivity index (χ2v) is 8.82. The van der Waals surface area contributed by atoms with Crippen LogP contribution in [0.3, 0.4) is 0 Å². The van der Waals surface area contributed by atoms with Crippen molar-refractivity contribution in [2.75, 3.05) is 28.4 Å². The van der Waals surface area contributed by atoms with E-state index in [1.807, 2.05) is 24.3 Å². The summed E-state index contributed by atoms with van der Waals surface area (Å²) in [6.45, 7) is 0. The molecule has 37 heavy (non-hydrogen) atoms. The number of cyclic esters (lactones) is 1. The highest BCUT2D eigenvalue weighted by Crippen LogP contribution is 2.49. The minimum Gasteiger partial charge on any atom is -0.497 e. The molecule has 0 radical (unpaired) electrons. The van der Waals surface area contributed by atoms with Crippen LogP contribution in [0.15, 0.2) is 60.2 Å². The Labute approximate surface area is 217 Å². The van der Waals surface area contributed by atoms with E-state index in [2.05, 4.69) is 8.75 Å². The molecular formula is C27H24N2O7S. The molecule has 190 valence electrons. The molecule has 1 unspecified atom stereocenters. The van der Waals surface area contributed by atoms with Gasteiger partial charge in [-0.2, -0.15) is 8.75 Å². The lowest BCUT2D eigenvalue weighted by Gasteiger charge is -2.27. The van der Waals surface area contributed by atoms with Crippen LogP contribution < -0.4 is 18.9 Å². The normalized spacial score (nSPS) is 17.2. The molecule has 0 amide bonds. The quantitative estimate of drug-likeness (QED) is 0.343. The third kappa shape index (κ3) is 4.24. The van der Waals surface area contributed by atoms with Gasteiger partial charge < -0.3 is 28.8 Å². The smallest absolute Gasteiger partial charge is 0.342 e. The molecule has 1 aromatic heterocycles. The van der Waals surface area contributed by atoms with Crippen LogP contribution in [0.5, 0.6) is 23.0 Å². The van der Waals surface area contributed by atoms with Gasteiger partial charge in [0, 0.05) is 17.6 Å². The van der Waals surface area contributed by atoms with E-state index in [-0.39, 0.29) is 17.6 Å². The lowest BCUT2D eigenvalue weighted by molar-refractivity contribution is -0.185. The Kier molecular flexibility index (Phi) is 6.45. The van der Waals surface area contributed by atoms with Gasteiger partial charge >= 0.3 is 5.97 Å². The Bertz CT molecular complexity index is 1490. The molecule has 0 bridgehead atoms. The van der Waals surface area contributed by atoms with E-state index in [9.17, 15) is 9.90 Å². The zero-order valence-electron chi connectivity index (χ0n) is 20.6. The number of nitrogens with zero attached hydrogens (tertiary/aromatic N) is 2. The van der Waals surface area contributed by atoms with E-state index in [4.69, 9.17) is 23.7 Å². The first-order chi connectivity index (χ1) is 17.9. The van der Waals surface area contributed by atoms with Crippen molar-refractivity contribution in [1.82, 2.24) is 8.75 Å². The first-order valence-corrected chi connectivity index (χ1v) is 12.0. The van der Waals surface area contributed by atoms with Crippen molar-refractivity contribution in [2.45, 2.75) is 12.2 Å². The molecule has 5 rings (SSSR count). The number of aromatic nitrogens is 2. The summed E-state index contributed by atoms with van der Waals surface area (Å²) in [5, 5.41) is 12.1. The number of aliphatic hydroxyl groups is 1. The summed E-state index contributed by atoms with van der Waals surface area (Å²) >= 11 is 1.09. The summed E-state index contributed by atoms with van der Waals surface area (Å²) in [6.07, 6.45) is 0.214. The summed E-state index contributed by atoms with van der Waals surface area (Å²) in [4.78, 5) is 13.4. The predicted octanol–water partition coefficient (Wildman–Crippen LogP) is 4.12. The van der Waals surface area contributed by atoms with Crippen LogP contribution in [0.4, 0.5) is 0 Å². The molecule has 3 aromatic carbocycles. The van der Waals surface area contributed by atoms with E-state index in [0.717, 1.165) is 22.8 Å². The lowest BCUT2D eigenvalue weighted by atomic mass is 9.87. The molecule has 10 heteroatoms. The van der Waals surface area contributed by atoms with Gasteiger partial charge in [0.15, 0.2) is 11.5 Å². The minimum absolute atomic E-state index is 0.214. The van der Waals surface area contributed by atoms with Gasteiger partial charge in [0.1, 0.15) is 16.8 Å². The first kappa shape index (κ1) is 24.5.